The second kappa shape index (κ2) is 9.46. The van der Waals surface area contributed by atoms with Gasteiger partial charge < -0.3 is 10.1 Å². The van der Waals surface area contributed by atoms with E-state index in [2.05, 4.69) is 12.2 Å². The number of amides is 1. The van der Waals surface area contributed by atoms with Gasteiger partial charge in [-0.05, 0) is 25.7 Å². The monoisotopic (exact) mass is 241 g/mol. The largest absolute Gasteiger partial charge is 0.378 e. The molecule has 0 atom stereocenters. The van der Waals surface area contributed by atoms with Crippen molar-refractivity contribution in [2.24, 2.45) is 0 Å². The Morgan fingerprint density at radius 1 is 1.24 bits per heavy atom. The molecule has 1 aliphatic carbocycles. The van der Waals surface area contributed by atoms with Crippen LogP contribution < -0.4 is 5.32 Å². The molecule has 0 heterocycles. The van der Waals surface area contributed by atoms with Gasteiger partial charge >= 0.3 is 0 Å². The van der Waals surface area contributed by atoms with Crippen molar-refractivity contribution in [2.45, 2.75) is 70.8 Å². The van der Waals surface area contributed by atoms with Crippen LogP contribution in [0.3, 0.4) is 0 Å². The first-order chi connectivity index (χ1) is 8.33. The first-order valence-electron chi connectivity index (χ1n) is 7.21. The fraction of sp³-hybridized carbons (Fsp3) is 0.929. The molecule has 0 unspecified atom stereocenters. The van der Waals surface area contributed by atoms with Gasteiger partial charge in [-0.25, -0.2) is 0 Å². The van der Waals surface area contributed by atoms with Crippen molar-refractivity contribution in [1.29, 1.82) is 0 Å². The van der Waals surface area contributed by atoms with Crippen LogP contribution in [0.25, 0.3) is 0 Å². The predicted molar refractivity (Wildman–Crippen MR) is 70.0 cm³/mol. The molecule has 0 aliphatic heterocycles. The Kier molecular flexibility index (Phi) is 8.06. The minimum Gasteiger partial charge on any atom is -0.378 e. The molecule has 0 spiro atoms. The number of rotatable bonds is 8. The summed E-state index contributed by atoms with van der Waals surface area (Å²) in [6.45, 7) is 3.65. The maximum atomic E-state index is 11.3. The van der Waals surface area contributed by atoms with E-state index in [1.807, 2.05) is 0 Å². The molecular formula is C14H27NO2. The highest BCUT2D eigenvalue weighted by Gasteiger charge is 2.12. The minimum absolute atomic E-state index is 0.185. The molecule has 100 valence electrons. The van der Waals surface area contributed by atoms with Crippen molar-refractivity contribution in [3.8, 4) is 0 Å². The highest BCUT2D eigenvalue weighted by molar-refractivity contribution is 5.75. The fourth-order valence-electron chi connectivity index (χ4n) is 2.21. The molecule has 0 radical (unpaired) electrons. The van der Waals surface area contributed by atoms with E-state index in [0.717, 1.165) is 32.4 Å². The molecule has 1 amide bonds. The lowest BCUT2D eigenvalue weighted by Gasteiger charge is -2.21. The number of carbonyl (C=O) groups excluding carboxylic acids is 1. The molecular weight excluding hydrogens is 214 g/mol. The average molecular weight is 241 g/mol. The fourth-order valence-corrected chi connectivity index (χ4v) is 2.21. The maximum Gasteiger partial charge on any atom is 0.219 e. The lowest BCUT2D eigenvalue weighted by Crippen LogP contribution is -2.25. The average Bonchev–Trinajstić information content (AvgIpc) is 2.37. The summed E-state index contributed by atoms with van der Waals surface area (Å²) in [5.74, 6) is 0.185. The smallest absolute Gasteiger partial charge is 0.219 e. The minimum atomic E-state index is 0.185. The molecule has 1 N–H and O–H groups in total. The summed E-state index contributed by atoms with van der Waals surface area (Å²) in [6, 6.07) is 0. The van der Waals surface area contributed by atoms with Gasteiger partial charge in [-0.2, -0.15) is 0 Å². The van der Waals surface area contributed by atoms with E-state index >= 15 is 0 Å². The van der Waals surface area contributed by atoms with Gasteiger partial charge in [0.2, 0.25) is 5.91 Å². The molecule has 0 aromatic carbocycles. The molecule has 0 aromatic heterocycles. The predicted octanol–water partition coefficient (Wildman–Crippen LogP) is 3.03. The molecule has 0 saturated heterocycles. The van der Waals surface area contributed by atoms with Gasteiger partial charge in [0.1, 0.15) is 0 Å². The number of unbranched alkanes of at least 4 members (excludes halogenated alkanes) is 1. The topological polar surface area (TPSA) is 38.3 Å². The van der Waals surface area contributed by atoms with Crippen LogP contribution in [-0.4, -0.2) is 25.2 Å². The van der Waals surface area contributed by atoms with Crippen molar-refractivity contribution >= 4 is 5.91 Å². The van der Waals surface area contributed by atoms with Gasteiger partial charge in [0, 0.05) is 19.6 Å². The van der Waals surface area contributed by atoms with Gasteiger partial charge in [0.25, 0.3) is 0 Å². The van der Waals surface area contributed by atoms with Gasteiger partial charge in [0.15, 0.2) is 0 Å². The van der Waals surface area contributed by atoms with Crippen molar-refractivity contribution in [3.63, 3.8) is 0 Å². The second-order valence-electron chi connectivity index (χ2n) is 4.94. The SMILES string of the molecule is CCCCC(=O)NCCCOC1CCCCC1. The highest BCUT2D eigenvalue weighted by atomic mass is 16.5. The van der Waals surface area contributed by atoms with Gasteiger partial charge in [-0.15, -0.1) is 0 Å². The quantitative estimate of drug-likeness (QED) is 0.663. The van der Waals surface area contributed by atoms with Gasteiger partial charge in [-0.3, -0.25) is 4.79 Å². The van der Waals surface area contributed by atoms with E-state index < -0.39 is 0 Å². The third kappa shape index (κ3) is 7.37. The highest BCUT2D eigenvalue weighted by Crippen LogP contribution is 2.20. The summed E-state index contributed by atoms with van der Waals surface area (Å²) in [7, 11) is 0. The number of hydrogen-bond donors (Lipinski definition) is 1. The molecule has 1 aliphatic rings. The van der Waals surface area contributed by atoms with Crippen LogP contribution >= 0.6 is 0 Å². The summed E-state index contributed by atoms with van der Waals surface area (Å²) in [4.78, 5) is 11.3. The van der Waals surface area contributed by atoms with Gasteiger partial charge in [-0.1, -0.05) is 32.6 Å². The molecule has 1 saturated carbocycles. The van der Waals surface area contributed by atoms with E-state index in [-0.39, 0.29) is 5.91 Å². The van der Waals surface area contributed by atoms with Crippen LogP contribution in [0.1, 0.15) is 64.7 Å². The van der Waals surface area contributed by atoms with E-state index in [9.17, 15) is 4.79 Å². The molecule has 1 rings (SSSR count). The number of carbonyl (C=O) groups is 1. The Balaban J connectivity index is 1.88. The summed E-state index contributed by atoms with van der Waals surface area (Å²) in [6.07, 6.45) is 10.6. The van der Waals surface area contributed by atoms with Crippen LogP contribution in [0.4, 0.5) is 0 Å². The summed E-state index contributed by atoms with van der Waals surface area (Å²) < 4.78 is 5.79. The van der Waals surface area contributed by atoms with E-state index in [1.165, 1.54) is 32.1 Å². The molecule has 3 nitrogen and oxygen atoms in total. The Bertz CT molecular complexity index is 200. The van der Waals surface area contributed by atoms with Gasteiger partial charge in [0.05, 0.1) is 6.10 Å². The van der Waals surface area contributed by atoms with E-state index in [4.69, 9.17) is 4.74 Å². The van der Waals surface area contributed by atoms with Crippen LogP contribution in [0.15, 0.2) is 0 Å². The summed E-state index contributed by atoms with van der Waals surface area (Å²) >= 11 is 0. The lowest BCUT2D eigenvalue weighted by atomic mass is 9.98. The van der Waals surface area contributed by atoms with Crippen molar-refractivity contribution in [3.05, 3.63) is 0 Å². The number of hydrogen-bond acceptors (Lipinski definition) is 2. The normalized spacial score (nSPS) is 17.0. The lowest BCUT2D eigenvalue weighted by molar-refractivity contribution is -0.121. The Morgan fingerprint density at radius 2 is 2.00 bits per heavy atom. The zero-order valence-corrected chi connectivity index (χ0v) is 11.2. The summed E-state index contributed by atoms with van der Waals surface area (Å²) in [5, 5.41) is 2.94. The van der Waals surface area contributed by atoms with E-state index in [0.29, 0.717) is 12.5 Å². The van der Waals surface area contributed by atoms with Crippen molar-refractivity contribution < 1.29 is 9.53 Å². The molecule has 1 fully saturated rings. The van der Waals surface area contributed by atoms with Crippen molar-refractivity contribution in [1.82, 2.24) is 5.32 Å². The van der Waals surface area contributed by atoms with Crippen LogP contribution in [-0.2, 0) is 9.53 Å². The Hall–Kier alpha value is -0.570. The summed E-state index contributed by atoms with van der Waals surface area (Å²) in [5.41, 5.74) is 0. The molecule has 17 heavy (non-hydrogen) atoms. The number of ether oxygens (including phenoxy) is 1. The first kappa shape index (κ1) is 14.5. The maximum absolute atomic E-state index is 11.3. The van der Waals surface area contributed by atoms with Crippen LogP contribution in [0, 0.1) is 0 Å². The van der Waals surface area contributed by atoms with Crippen LogP contribution in [0.2, 0.25) is 0 Å². The third-order valence-electron chi connectivity index (χ3n) is 3.31. The standard InChI is InChI=1S/C14H27NO2/c1-2-3-10-14(16)15-11-7-12-17-13-8-5-4-6-9-13/h13H,2-12H2,1H3,(H,15,16). The van der Waals surface area contributed by atoms with Crippen molar-refractivity contribution in [2.75, 3.05) is 13.2 Å². The number of nitrogens with one attached hydrogen (secondary N) is 1. The molecule has 0 bridgehead atoms. The first-order valence-corrected chi connectivity index (χ1v) is 7.21. The molecule has 0 aromatic rings. The van der Waals surface area contributed by atoms with Crippen LogP contribution in [0.5, 0.6) is 0 Å². The zero-order chi connectivity index (χ0) is 12.3. The zero-order valence-electron chi connectivity index (χ0n) is 11.2. The Morgan fingerprint density at radius 3 is 2.71 bits per heavy atom. The van der Waals surface area contributed by atoms with E-state index in [1.54, 1.807) is 0 Å². The third-order valence-corrected chi connectivity index (χ3v) is 3.31. The second-order valence-corrected chi connectivity index (χ2v) is 4.94. The molecule has 3 heteroatoms. The Labute approximate surface area is 105 Å².